The molecule has 3 heterocycles. The summed E-state index contributed by atoms with van der Waals surface area (Å²) < 4.78 is 1.92. The van der Waals surface area contributed by atoms with Gasteiger partial charge in [0.15, 0.2) is 5.65 Å². The van der Waals surface area contributed by atoms with Crippen molar-refractivity contribution in [2.24, 2.45) is 0 Å². The zero-order chi connectivity index (χ0) is 13.2. The Bertz CT molecular complexity index is 711. The van der Waals surface area contributed by atoms with Crippen LogP contribution in [0.5, 0.6) is 0 Å². The monoisotopic (exact) mass is 293 g/mol. The standard InChI is InChI=1S/C12H9Cl2N5/c13-5-11-17-10-4-8(14)6-15-12(10)19(11)7-9-2-1-3-16-18-9/h1-4,6H,5,7H2. The molecule has 3 aromatic heterocycles. The summed E-state index contributed by atoms with van der Waals surface area (Å²) in [6, 6.07) is 5.51. The first-order valence-corrected chi connectivity index (χ1v) is 6.52. The molecule has 0 radical (unpaired) electrons. The van der Waals surface area contributed by atoms with Gasteiger partial charge in [0.1, 0.15) is 11.3 Å². The lowest BCUT2D eigenvalue weighted by atomic mass is 10.4. The topological polar surface area (TPSA) is 56.5 Å². The lowest BCUT2D eigenvalue weighted by Gasteiger charge is -2.05. The third kappa shape index (κ3) is 2.39. The Labute approximate surface area is 119 Å². The molecule has 0 N–H and O–H groups in total. The number of rotatable bonds is 3. The van der Waals surface area contributed by atoms with Gasteiger partial charge in [-0.2, -0.15) is 10.2 Å². The summed E-state index contributed by atoms with van der Waals surface area (Å²) >= 11 is 11.8. The Balaban J connectivity index is 2.11. The van der Waals surface area contributed by atoms with Crippen molar-refractivity contribution in [1.29, 1.82) is 0 Å². The molecule has 0 aliphatic heterocycles. The predicted octanol–water partition coefficient (Wildman–Crippen LogP) is 2.66. The minimum absolute atomic E-state index is 0.300. The summed E-state index contributed by atoms with van der Waals surface area (Å²) in [5.41, 5.74) is 2.29. The Morgan fingerprint density at radius 3 is 2.95 bits per heavy atom. The van der Waals surface area contributed by atoms with E-state index in [1.165, 1.54) is 0 Å². The molecular weight excluding hydrogens is 285 g/mol. The van der Waals surface area contributed by atoms with Crippen LogP contribution in [0.25, 0.3) is 11.2 Å². The highest BCUT2D eigenvalue weighted by atomic mass is 35.5. The second kappa shape index (κ2) is 5.11. The number of aromatic nitrogens is 5. The molecule has 0 amide bonds. The first-order chi connectivity index (χ1) is 9.28. The minimum Gasteiger partial charge on any atom is -0.306 e. The molecule has 19 heavy (non-hydrogen) atoms. The van der Waals surface area contributed by atoms with Crippen molar-refractivity contribution in [2.45, 2.75) is 12.4 Å². The highest BCUT2D eigenvalue weighted by Gasteiger charge is 2.12. The minimum atomic E-state index is 0.300. The van der Waals surface area contributed by atoms with E-state index in [1.807, 2.05) is 16.7 Å². The van der Waals surface area contributed by atoms with Crippen LogP contribution in [0.4, 0.5) is 0 Å². The lowest BCUT2D eigenvalue weighted by molar-refractivity contribution is 0.734. The van der Waals surface area contributed by atoms with Crippen LogP contribution in [0.2, 0.25) is 5.02 Å². The van der Waals surface area contributed by atoms with E-state index in [2.05, 4.69) is 20.2 Å². The molecule has 0 bridgehead atoms. The summed E-state index contributed by atoms with van der Waals surface area (Å²) in [5, 5.41) is 8.47. The van der Waals surface area contributed by atoms with Gasteiger partial charge in [-0.3, -0.25) is 0 Å². The van der Waals surface area contributed by atoms with Crippen LogP contribution >= 0.6 is 23.2 Å². The van der Waals surface area contributed by atoms with Crippen molar-refractivity contribution in [1.82, 2.24) is 24.7 Å². The fourth-order valence-electron chi connectivity index (χ4n) is 1.88. The van der Waals surface area contributed by atoms with Crippen molar-refractivity contribution in [3.8, 4) is 0 Å². The Morgan fingerprint density at radius 1 is 1.32 bits per heavy atom. The Hall–Kier alpha value is -1.72. The van der Waals surface area contributed by atoms with E-state index in [0.717, 1.165) is 22.7 Å². The largest absolute Gasteiger partial charge is 0.306 e. The van der Waals surface area contributed by atoms with Crippen LogP contribution in [0.15, 0.2) is 30.6 Å². The van der Waals surface area contributed by atoms with Gasteiger partial charge in [-0.15, -0.1) is 11.6 Å². The van der Waals surface area contributed by atoms with Crippen molar-refractivity contribution in [2.75, 3.05) is 0 Å². The molecule has 3 aromatic rings. The Morgan fingerprint density at radius 2 is 2.21 bits per heavy atom. The van der Waals surface area contributed by atoms with E-state index in [4.69, 9.17) is 23.2 Å². The molecular formula is C12H9Cl2N5. The number of pyridine rings is 1. The lowest BCUT2D eigenvalue weighted by Crippen LogP contribution is -2.06. The molecule has 0 aliphatic carbocycles. The number of hydrogen-bond donors (Lipinski definition) is 0. The molecule has 0 spiro atoms. The van der Waals surface area contributed by atoms with Crippen molar-refractivity contribution in [3.05, 3.63) is 47.1 Å². The van der Waals surface area contributed by atoms with Gasteiger partial charge >= 0.3 is 0 Å². The van der Waals surface area contributed by atoms with Crippen molar-refractivity contribution in [3.63, 3.8) is 0 Å². The average molecular weight is 294 g/mol. The van der Waals surface area contributed by atoms with E-state index in [9.17, 15) is 0 Å². The third-order valence-corrected chi connectivity index (χ3v) is 3.14. The van der Waals surface area contributed by atoms with Crippen molar-refractivity contribution < 1.29 is 0 Å². The number of hydrogen-bond acceptors (Lipinski definition) is 4. The van der Waals surface area contributed by atoms with Crippen LogP contribution in [0.3, 0.4) is 0 Å². The van der Waals surface area contributed by atoms with Gasteiger partial charge < -0.3 is 4.57 Å². The zero-order valence-electron chi connectivity index (χ0n) is 9.79. The maximum atomic E-state index is 5.93. The average Bonchev–Trinajstić information content (AvgIpc) is 2.77. The van der Waals surface area contributed by atoms with E-state index in [1.54, 1.807) is 18.5 Å². The van der Waals surface area contributed by atoms with Gasteiger partial charge in [-0.25, -0.2) is 9.97 Å². The first kappa shape index (κ1) is 12.3. The van der Waals surface area contributed by atoms with E-state index in [0.29, 0.717) is 17.4 Å². The maximum absolute atomic E-state index is 5.93. The van der Waals surface area contributed by atoms with Gasteiger partial charge in [0.25, 0.3) is 0 Å². The SMILES string of the molecule is ClCc1nc2cc(Cl)cnc2n1Cc1cccnn1. The summed E-state index contributed by atoms with van der Waals surface area (Å²) in [6.45, 7) is 0.529. The maximum Gasteiger partial charge on any atom is 0.160 e. The zero-order valence-corrected chi connectivity index (χ0v) is 11.3. The third-order valence-electron chi connectivity index (χ3n) is 2.70. The van der Waals surface area contributed by atoms with E-state index >= 15 is 0 Å². The molecule has 0 fully saturated rings. The fraction of sp³-hybridized carbons (Fsp3) is 0.167. The van der Waals surface area contributed by atoms with Gasteiger partial charge in [0, 0.05) is 12.4 Å². The Kier molecular flexibility index (Phi) is 3.31. The molecule has 0 aromatic carbocycles. The first-order valence-electron chi connectivity index (χ1n) is 5.61. The highest BCUT2D eigenvalue weighted by Crippen LogP contribution is 2.19. The molecule has 3 rings (SSSR count). The second-order valence-corrected chi connectivity index (χ2v) is 4.66. The second-order valence-electron chi connectivity index (χ2n) is 3.96. The summed E-state index contributed by atoms with van der Waals surface area (Å²) in [6.07, 6.45) is 3.23. The molecule has 0 saturated heterocycles. The van der Waals surface area contributed by atoms with Gasteiger partial charge in [-0.1, -0.05) is 11.6 Å². The van der Waals surface area contributed by atoms with Gasteiger partial charge in [0.05, 0.1) is 23.1 Å². The number of alkyl halides is 1. The van der Waals surface area contributed by atoms with Gasteiger partial charge in [-0.05, 0) is 18.2 Å². The molecule has 0 saturated carbocycles. The molecule has 5 nitrogen and oxygen atoms in total. The number of fused-ring (bicyclic) bond motifs is 1. The smallest absolute Gasteiger partial charge is 0.160 e. The molecule has 0 aliphatic rings. The highest BCUT2D eigenvalue weighted by molar-refractivity contribution is 6.31. The summed E-state index contributed by atoms with van der Waals surface area (Å²) in [5.74, 6) is 1.03. The van der Waals surface area contributed by atoms with Gasteiger partial charge in [0.2, 0.25) is 0 Å². The summed E-state index contributed by atoms with van der Waals surface area (Å²) in [7, 11) is 0. The molecule has 0 unspecified atom stereocenters. The quantitative estimate of drug-likeness (QED) is 0.697. The van der Waals surface area contributed by atoms with Crippen LogP contribution in [-0.4, -0.2) is 24.7 Å². The predicted molar refractivity (Wildman–Crippen MR) is 73.2 cm³/mol. The molecule has 96 valence electrons. The molecule has 0 atom stereocenters. The number of nitrogens with zero attached hydrogens (tertiary/aromatic N) is 5. The normalized spacial score (nSPS) is 11.1. The van der Waals surface area contributed by atoms with Crippen LogP contribution in [-0.2, 0) is 12.4 Å². The fourth-order valence-corrected chi connectivity index (χ4v) is 2.24. The van der Waals surface area contributed by atoms with E-state index < -0.39 is 0 Å². The number of halogens is 2. The van der Waals surface area contributed by atoms with Crippen LogP contribution < -0.4 is 0 Å². The summed E-state index contributed by atoms with van der Waals surface area (Å²) in [4.78, 5) is 8.73. The number of imidazole rings is 1. The van der Waals surface area contributed by atoms with E-state index in [-0.39, 0.29) is 0 Å². The van der Waals surface area contributed by atoms with Crippen LogP contribution in [0.1, 0.15) is 11.5 Å². The molecule has 7 heteroatoms. The van der Waals surface area contributed by atoms with Crippen molar-refractivity contribution >= 4 is 34.4 Å². The van der Waals surface area contributed by atoms with Crippen LogP contribution in [0, 0.1) is 0 Å².